The maximum atomic E-state index is 11.4. The smallest absolute Gasteiger partial charge is 0.371 e. The van der Waals surface area contributed by atoms with Crippen LogP contribution in [0.25, 0.3) is 5.88 Å². The van der Waals surface area contributed by atoms with Crippen molar-refractivity contribution in [2.24, 2.45) is 0 Å². The van der Waals surface area contributed by atoms with E-state index in [1.165, 1.54) is 29.0 Å². The number of aromatic carboxylic acids is 1. The topological polar surface area (TPSA) is 72.4 Å². The minimum absolute atomic E-state index is 0.193. The molecule has 1 N–H and O–H groups in total. The van der Waals surface area contributed by atoms with Gasteiger partial charge in [0.05, 0.1) is 0 Å². The fourth-order valence-electron chi connectivity index (χ4n) is 1.18. The SMILES string of the molecule is O=C(O)c1ccc(-n2ccccc2=O)o1. The second-order valence-electron chi connectivity index (χ2n) is 2.85. The monoisotopic (exact) mass is 205 g/mol. The van der Waals surface area contributed by atoms with Crippen molar-refractivity contribution in [3.63, 3.8) is 0 Å². The van der Waals surface area contributed by atoms with Crippen molar-refractivity contribution in [3.8, 4) is 5.88 Å². The van der Waals surface area contributed by atoms with Crippen molar-refractivity contribution in [1.29, 1.82) is 0 Å². The van der Waals surface area contributed by atoms with Gasteiger partial charge in [-0.2, -0.15) is 0 Å². The minimum Gasteiger partial charge on any atom is -0.475 e. The van der Waals surface area contributed by atoms with Crippen LogP contribution >= 0.6 is 0 Å². The Kier molecular flexibility index (Phi) is 2.13. The van der Waals surface area contributed by atoms with Crippen LogP contribution in [-0.2, 0) is 0 Å². The van der Waals surface area contributed by atoms with Gasteiger partial charge in [0.25, 0.3) is 5.56 Å². The second-order valence-corrected chi connectivity index (χ2v) is 2.85. The van der Waals surface area contributed by atoms with E-state index < -0.39 is 5.97 Å². The fraction of sp³-hybridized carbons (Fsp3) is 0. The van der Waals surface area contributed by atoms with Crippen LogP contribution in [-0.4, -0.2) is 15.6 Å². The van der Waals surface area contributed by atoms with E-state index in [1.54, 1.807) is 12.1 Å². The number of carbonyl (C=O) groups is 1. The molecule has 0 aliphatic heterocycles. The highest BCUT2D eigenvalue weighted by atomic mass is 16.4. The standard InChI is InChI=1S/C10H7NO4/c12-8-3-1-2-6-11(8)9-5-4-7(15-9)10(13)14/h1-6H,(H,13,14). The third-order valence-electron chi connectivity index (χ3n) is 1.86. The molecule has 0 aliphatic rings. The van der Waals surface area contributed by atoms with Gasteiger partial charge >= 0.3 is 5.97 Å². The molecule has 0 amide bonds. The molecule has 15 heavy (non-hydrogen) atoms. The maximum absolute atomic E-state index is 11.4. The summed E-state index contributed by atoms with van der Waals surface area (Å²) in [6, 6.07) is 7.36. The summed E-state index contributed by atoms with van der Waals surface area (Å²) in [7, 11) is 0. The molecule has 0 saturated carbocycles. The van der Waals surface area contributed by atoms with Gasteiger partial charge in [-0.3, -0.25) is 9.36 Å². The zero-order chi connectivity index (χ0) is 10.8. The molecule has 0 aromatic carbocycles. The van der Waals surface area contributed by atoms with Gasteiger partial charge in [0, 0.05) is 18.3 Å². The summed E-state index contributed by atoms with van der Waals surface area (Å²) in [5.74, 6) is -1.16. The van der Waals surface area contributed by atoms with Gasteiger partial charge in [-0.05, 0) is 12.1 Å². The Morgan fingerprint density at radius 1 is 1.27 bits per heavy atom. The second kappa shape index (κ2) is 3.45. The van der Waals surface area contributed by atoms with E-state index in [9.17, 15) is 9.59 Å². The van der Waals surface area contributed by atoms with Crippen molar-refractivity contribution in [2.75, 3.05) is 0 Å². The van der Waals surface area contributed by atoms with Crippen molar-refractivity contribution >= 4 is 5.97 Å². The lowest BCUT2D eigenvalue weighted by Crippen LogP contribution is -2.14. The molecule has 76 valence electrons. The third kappa shape index (κ3) is 1.67. The maximum Gasteiger partial charge on any atom is 0.371 e. The highest BCUT2D eigenvalue weighted by Crippen LogP contribution is 2.10. The first-order valence-electron chi connectivity index (χ1n) is 4.19. The molecule has 0 spiro atoms. The van der Waals surface area contributed by atoms with Gasteiger partial charge in [-0.15, -0.1) is 0 Å². The Hall–Kier alpha value is -2.30. The van der Waals surface area contributed by atoms with Crippen LogP contribution in [0.15, 0.2) is 45.7 Å². The summed E-state index contributed by atoms with van der Waals surface area (Å²) in [5.41, 5.74) is -0.274. The molecule has 0 saturated heterocycles. The molecule has 2 rings (SSSR count). The van der Waals surface area contributed by atoms with E-state index in [0.29, 0.717) is 0 Å². The molecule has 5 heteroatoms. The predicted octanol–water partition coefficient (Wildman–Crippen LogP) is 1.13. The van der Waals surface area contributed by atoms with E-state index in [-0.39, 0.29) is 17.2 Å². The Morgan fingerprint density at radius 3 is 2.67 bits per heavy atom. The Labute approximate surface area is 84.2 Å². The lowest BCUT2D eigenvalue weighted by molar-refractivity contribution is 0.0662. The molecule has 5 nitrogen and oxygen atoms in total. The lowest BCUT2D eigenvalue weighted by Gasteiger charge is -1.98. The molecule has 0 radical (unpaired) electrons. The highest BCUT2D eigenvalue weighted by molar-refractivity contribution is 5.84. The average molecular weight is 205 g/mol. The number of aromatic nitrogens is 1. The summed E-state index contributed by atoms with van der Waals surface area (Å²) in [6.07, 6.45) is 1.51. The van der Waals surface area contributed by atoms with Gasteiger partial charge < -0.3 is 9.52 Å². The first-order valence-corrected chi connectivity index (χ1v) is 4.19. The number of hydrogen-bond acceptors (Lipinski definition) is 3. The molecule has 2 heterocycles. The van der Waals surface area contributed by atoms with Crippen LogP contribution in [0.2, 0.25) is 0 Å². The van der Waals surface area contributed by atoms with Crippen molar-refractivity contribution < 1.29 is 14.3 Å². The molecule has 0 aliphatic carbocycles. The fourth-order valence-corrected chi connectivity index (χ4v) is 1.18. The first kappa shape index (κ1) is 9.26. The van der Waals surface area contributed by atoms with E-state index in [2.05, 4.69) is 0 Å². The number of nitrogens with zero attached hydrogens (tertiary/aromatic N) is 1. The first-order chi connectivity index (χ1) is 7.18. The number of pyridine rings is 1. The summed E-state index contributed by atoms with van der Waals surface area (Å²) < 4.78 is 6.20. The van der Waals surface area contributed by atoms with Crippen molar-refractivity contribution in [3.05, 3.63) is 52.6 Å². The minimum atomic E-state index is -1.16. The number of furan rings is 1. The van der Waals surface area contributed by atoms with Crippen LogP contribution in [0.3, 0.4) is 0 Å². The summed E-state index contributed by atoms with van der Waals surface area (Å²) in [4.78, 5) is 21.9. The van der Waals surface area contributed by atoms with E-state index in [4.69, 9.17) is 9.52 Å². The van der Waals surface area contributed by atoms with Gasteiger partial charge in [0.2, 0.25) is 11.6 Å². The molecular formula is C10H7NO4. The van der Waals surface area contributed by atoms with Gasteiger partial charge in [-0.25, -0.2) is 4.79 Å². The zero-order valence-electron chi connectivity index (χ0n) is 7.58. The molecule has 2 aromatic rings. The van der Waals surface area contributed by atoms with Crippen LogP contribution in [0, 0.1) is 0 Å². The summed E-state index contributed by atoms with van der Waals surface area (Å²) >= 11 is 0. The molecule has 0 atom stereocenters. The molecule has 0 bridgehead atoms. The predicted molar refractivity (Wildman–Crippen MR) is 51.3 cm³/mol. The number of carboxylic acid groups (broad SMARTS) is 1. The third-order valence-corrected chi connectivity index (χ3v) is 1.86. The summed E-state index contributed by atoms with van der Waals surface area (Å²) in [6.45, 7) is 0. The number of carboxylic acids is 1. The Morgan fingerprint density at radius 2 is 2.07 bits per heavy atom. The van der Waals surface area contributed by atoms with Gasteiger partial charge in [0.1, 0.15) is 0 Å². The zero-order valence-corrected chi connectivity index (χ0v) is 7.58. The van der Waals surface area contributed by atoms with Gasteiger partial charge in [0.15, 0.2) is 0 Å². The number of hydrogen-bond donors (Lipinski definition) is 1. The number of rotatable bonds is 2. The van der Waals surface area contributed by atoms with E-state index in [1.807, 2.05) is 0 Å². The normalized spacial score (nSPS) is 10.1. The van der Waals surface area contributed by atoms with Crippen LogP contribution in [0.5, 0.6) is 0 Å². The largest absolute Gasteiger partial charge is 0.475 e. The van der Waals surface area contributed by atoms with E-state index in [0.717, 1.165) is 0 Å². The van der Waals surface area contributed by atoms with Crippen molar-refractivity contribution in [2.45, 2.75) is 0 Å². The Bertz CT molecular complexity index is 552. The van der Waals surface area contributed by atoms with Crippen LogP contribution in [0.4, 0.5) is 0 Å². The Balaban J connectivity index is 2.51. The van der Waals surface area contributed by atoms with E-state index >= 15 is 0 Å². The molecule has 0 unspecified atom stereocenters. The van der Waals surface area contributed by atoms with Crippen LogP contribution in [0.1, 0.15) is 10.6 Å². The molecule has 0 fully saturated rings. The van der Waals surface area contributed by atoms with Crippen LogP contribution < -0.4 is 5.56 Å². The average Bonchev–Trinajstić information content (AvgIpc) is 2.67. The summed E-state index contributed by atoms with van der Waals surface area (Å²) in [5, 5.41) is 8.63. The van der Waals surface area contributed by atoms with Gasteiger partial charge in [-0.1, -0.05) is 6.07 Å². The lowest BCUT2D eigenvalue weighted by atomic mass is 10.4. The highest BCUT2D eigenvalue weighted by Gasteiger charge is 2.10. The molecule has 2 aromatic heterocycles. The quantitative estimate of drug-likeness (QED) is 0.797. The van der Waals surface area contributed by atoms with Crippen molar-refractivity contribution in [1.82, 2.24) is 4.57 Å². The molecular weight excluding hydrogens is 198 g/mol.